The molecule has 3 aromatic rings. The highest BCUT2D eigenvalue weighted by atomic mass is 19.1. The lowest BCUT2D eigenvalue weighted by atomic mass is 10.1. The first kappa shape index (κ1) is 28.7. The minimum atomic E-state index is -0.777. The Kier molecular flexibility index (Phi) is 11.0. The zero-order valence-electron chi connectivity index (χ0n) is 20.4. The lowest BCUT2D eigenvalue weighted by molar-refractivity contribution is -0.146. The summed E-state index contributed by atoms with van der Waals surface area (Å²) in [4.78, 5) is 38.7. The Labute approximate surface area is 211 Å². The van der Waals surface area contributed by atoms with Gasteiger partial charge in [-0.1, -0.05) is 0 Å². The number of aromatic hydroxyl groups is 1. The van der Waals surface area contributed by atoms with Crippen LogP contribution in [0, 0.1) is 11.6 Å². The van der Waals surface area contributed by atoms with Crippen LogP contribution in [0.15, 0.2) is 60.4 Å². The highest BCUT2D eigenvalue weighted by Crippen LogP contribution is 2.28. The molecule has 3 rings (SSSR count). The van der Waals surface area contributed by atoms with Crippen LogP contribution in [0.25, 0.3) is 10.9 Å². The number of ether oxygens (including phenoxy) is 3. The first-order valence-electron chi connectivity index (χ1n) is 11.2. The molecule has 0 bridgehead atoms. The van der Waals surface area contributed by atoms with Gasteiger partial charge in [-0.05, 0) is 63.2 Å². The number of nitrogens with one attached hydrogen (secondary N) is 1. The number of carbonyl (C=O) groups excluding carboxylic acids is 3. The third-order valence-electron chi connectivity index (χ3n) is 4.52. The molecule has 9 nitrogen and oxygen atoms in total. The predicted octanol–water partition coefficient (Wildman–Crippen LogP) is 4.50. The Morgan fingerprint density at radius 3 is 2.03 bits per heavy atom. The van der Waals surface area contributed by atoms with Gasteiger partial charge in [0.2, 0.25) is 0 Å². The van der Waals surface area contributed by atoms with Crippen LogP contribution in [0.1, 0.15) is 31.1 Å². The first-order chi connectivity index (χ1) is 17.7. The molecule has 0 unspecified atom stereocenters. The van der Waals surface area contributed by atoms with Crippen LogP contribution >= 0.6 is 0 Å². The minimum Gasteiger partial charge on any atom is -0.506 e. The zero-order valence-corrected chi connectivity index (χ0v) is 20.4. The van der Waals surface area contributed by atoms with E-state index < -0.39 is 23.7 Å². The average Bonchev–Trinajstić information content (AvgIpc) is 2.87. The fourth-order valence-corrected chi connectivity index (χ4v) is 2.83. The van der Waals surface area contributed by atoms with Gasteiger partial charge in [0.15, 0.2) is 5.57 Å². The van der Waals surface area contributed by atoms with E-state index in [0.29, 0.717) is 11.2 Å². The molecule has 37 heavy (non-hydrogen) atoms. The second-order valence-corrected chi connectivity index (χ2v) is 7.05. The summed E-state index contributed by atoms with van der Waals surface area (Å²) in [6.07, 6.45) is 2.40. The van der Waals surface area contributed by atoms with Gasteiger partial charge in [0, 0.05) is 23.5 Å². The summed E-state index contributed by atoms with van der Waals surface area (Å²) >= 11 is 0. The number of halogens is 2. The molecule has 0 spiro atoms. The van der Waals surface area contributed by atoms with Crippen LogP contribution in [0.3, 0.4) is 0 Å². The van der Waals surface area contributed by atoms with Crippen molar-refractivity contribution in [3.05, 3.63) is 77.6 Å². The molecule has 1 aromatic heterocycles. The predicted molar refractivity (Wildman–Crippen MR) is 131 cm³/mol. The highest BCUT2D eigenvalue weighted by molar-refractivity contribution is 6.14. The SMILES string of the molecule is CCOC(=O)C(=CNc1ccc(F)cc1)C(=O)OCC.CCOC(=O)c1cnc2ccc(F)cc2c1O. The van der Waals surface area contributed by atoms with Crippen LogP contribution in [-0.4, -0.2) is 47.8 Å². The summed E-state index contributed by atoms with van der Waals surface area (Å²) in [5.41, 5.74) is 0.623. The molecule has 0 radical (unpaired) electrons. The van der Waals surface area contributed by atoms with Crippen molar-refractivity contribution in [2.75, 3.05) is 25.1 Å². The van der Waals surface area contributed by atoms with Crippen LogP contribution < -0.4 is 5.32 Å². The minimum absolute atomic E-state index is 0.0649. The number of nitrogens with zero attached hydrogens (tertiary/aromatic N) is 1. The number of fused-ring (bicyclic) bond motifs is 1. The number of aromatic nitrogens is 1. The second kappa shape index (κ2) is 14.1. The Morgan fingerprint density at radius 1 is 0.892 bits per heavy atom. The van der Waals surface area contributed by atoms with E-state index in [1.807, 2.05) is 0 Å². The number of carbonyl (C=O) groups is 3. The lowest BCUT2D eigenvalue weighted by Gasteiger charge is -2.07. The smallest absolute Gasteiger partial charge is 0.347 e. The standard InChI is InChI=1S/C14H16FNO4.C12H10FNO3/c1-3-19-13(17)12(14(18)20-4-2)9-16-11-7-5-10(15)6-8-11;1-2-17-12(16)9-6-14-10-4-3-7(13)5-8(10)11(9)15/h5-9,16H,3-4H2,1-2H3;3-6H,2H2,1H3,(H,14,15). The maximum atomic E-state index is 13.0. The van der Waals surface area contributed by atoms with Gasteiger partial charge in [-0.2, -0.15) is 0 Å². The number of hydrogen-bond acceptors (Lipinski definition) is 9. The average molecular weight is 516 g/mol. The number of pyridine rings is 1. The van der Waals surface area contributed by atoms with Crippen molar-refractivity contribution in [1.82, 2.24) is 4.98 Å². The largest absolute Gasteiger partial charge is 0.506 e. The molecule has 0 aliphatic heterocycles. The van der Waals surface area contributed by atoms with Crippen molar-refractivity contribution in [3.8, 4) is 5.75 Å². The van der Waals surface area contributed by atoms with E-state index in [1.165, 1.54) is 48.8 Å². The summed E-state index contributed by atoms with van der Waals surface area (Å²) in [6.45, 7) is 5.41. The van der Waals surface area contributed by atoms with Crippen LogP contribution in [-0.2, 0) is 23.8 Å². The summed E-state index contributed by atoms with van der Waals surface area (Å²) in [7, 11) is 0. The zero-order chi connectivity index (χ0) is 27.4. The van der Waals surface area contributed by atoms with E-state index in [9.17, 15) is 28.3 Å². The number of anilines is 1. The molecule has 0 atom stereocenters. The molecule has 11 heteroatoms. The summed E-state index contributed by atoms with van der Waals surface area (Å²) < 4.78 is 40.1. The number of rotatable bonds is 8. The molecule has 0 fully saturated rings. The Balaban J connectivity index is 0.000000263. The maximum Gasteiger partial charge on any atom is 0.347 e. The molecule has 0 amide bonds. The van der Waals surface area contributed by atoms with Crippen molar-refractivity contribution in [3.63, 3.8) is 0 Å². The second-order valence-electron chi connectivity index (χ2n) is 7.05. The van der Waals surface area contributed by atoms with Gasteiger partial charge in [0.1, 0.15) is 22.9 Å². The highest BCUT2D eigenvalue weighted by Gasteiger charge is 2.21. The third-order valence-corrected chi connectivity index (χ3v) is 4.52. The fourth-order valence-electron chi connectivity index (χ4n) is 2.83. The Hall–Kier alpha value is -4.54. The van der Waals surface area contributed by atoms with Gasteiger partial charge in [0.25, 0.3) is 0 Å². The van der Waals surface area contributed by atoms with E-state index in [-0.39, 0.29) is 47.9 Å². The van der Waals surface area contributed by atoms with Gasteiger partial charge in [-0.15, -0.1) is 0 Å². The van der Waals surface area contributed by atoms with Gasteiger partial charge in [0.05, 0.1) is 25.3 Å². The van der Waals surface area contributed by atoms with E-state index in [4.69, 9.17) is 14.2 Å². The topological polar surface area (TPSA) is 124 Å². The molecular weight excluding hydrogens is 490 g/mol. The van der Waals surface area contributed by atoms with E-state index in [0.717, 1.165) is 6.07 Å². The molecule has 2 N–H and O–H groups in total. The molecule has 0 aliphatic rings. The molecule has 0 saturated heterocycles. The monoisotopic (exact) mass is 516 g/mol. The number of hydrogen-bond donors (Lipinski definition) is 2. The molecule has 0 aliphatic carbocycles. The van der Waals surface area contributed by atoms with Crippen LogP contribution in [0.4, 0.5) is 14.5 Å². The van der Waals surface area contributed by atoms with Crippen molar-refractivity contribution in [1.29, 1.82) is 0 Å². The van der Waals surface area contributed by atoms with Crippen LogP contribution in [0.2, 0.25) is 0 Å². The van der Waals surface area contributed by atoms with Crippen LogP contribution in [0.5, 0.6) is 5.75 Å². The van der Waals surface area contributed by atoms with Gasteiger partial charge in [-0.25, -0.2) is 23.2 Å². The molecule has 196 valence electrons. The summed E-state index contributed by atoms with van der Waals surface area (Å²) in [5, 5.41) is 12.8. The fraction of sp³-hybridized carbons (Fsp3) is 0.231. The number of benzene rings is 2. The van der Waals surface area contributed by atoms with Crippen molar-refractivity contribution in [2.24, 2.45) is 0 Å². The third kappa shape index (κ3) is 8.27. The van der Waals surface area contributed by atoms with Crippen molar-refractivity contribution >= 4 is 34.5 Å². The normalized spacial score (nSPS) is 9.97. The van der Waals surface area contributed by atoms with E-state index in [1.54, 1.807) is 20.8 Å². The van der Waals surface area contributed by atoms with Gasteiger partial charge < -0.3 is 24.6 Å². The van der Waals surface area contributed by atoms with Crippen molar-refractivity contribution in [2.45, 2.75) is 20.8 Å². The maximum absolute atomic E-state index is 13.0. The first-order valence-corrected chi connectivity index (χ1v) is 11.2. The molecule has 1 heterocycles. The van der Waals surface area contributed by atoms with E-state index in [2.05, 4.69) is 10.3 Å². The molecule has 2 aromatic carbocycles. The summed E-state index contributed by atoms with van der Waals surface area (Å²) in [5.74, 6) is -3.43. The molecule has 0 saturated carbocycles. The Bertz CT molecular complexity index is 1260. The van der Waals surface area contributed by atoms with Gasteiger partial charge in [-0.3, -0.25) is 4.98 Å². The lowest BCUT2D eigenvalue weighted by Crippen LogP contribution is -2.19. The van der Waals surface area contributed by atoms with Gasteiger partial charge >= 0.3 is 17.9 Å². The van der Waals surface area contributed by atoms with E-state index >= 15 is 0 Å². The molecular formula is C26H26F2N2O7. The quantitative estimate of drug-likeness (QED) is 0.146. The Morgan fingerprint density at radius 2 is 1.46 bits per heavy atom. The summed E-state index contributed by atoms with van der Waals surface area (Å²) in [6, 6.07) is 9.24. The number of esters is 3. The van der Waals surface area contributed by atoms with Crippen molar-refractivity contribution < 1.29 is 42.5 Å².